The zero-order valence-corrected chi connectivity index (χ0v) is 15.4. The van der Waals surface area contributed by atoms with Crippen LogP contribution in [-0.2, 0) is 20.7 Å². The minimum absolute atomic E-state index is 0.116. The molecule has 0 aliphatic heterocycles. The van der Waals surface area contributed by atoms with Gasteiger partial charge in [0, 0.05) is 0 Å². The number of anilines is 1. The van der Waals surface area contributed by atoms with Crippen LogP contribution in [-0.4, -0.2) is 38.7 Å². The summed E-state index contributed by atoms with van der Waals surface area (Å²) in [5, 5.41) is 2.57. The van der Waals surface area contributed by atoms with Gasteiger partial charge in [0.15, 0.2) is 6.61 Å². The lowest BCUT2D eigenvalue weighted by Crippen LogP contribution is -2.22. The first-order valence-corrected chi connectivity index (χ1v) is 8.30. The Kier molecular flexibility index (Phi) is 6.93. The zero-order chi connectivity index (χ0) is 19.8. The average Bonchev–Trinajstić information content (AvgIpc) is 2.71. The molecule has 1 N–H and O–H groups in total. The summed E-state index contributed by atoms with van der Waals surface area (Å²) < 4.78 is 14.8. The van der Waals surface area contributed by atoms with E-state index in [1.165, 1.54) is 32.4 Å². The second kappa shape index (κ2) is 9.38. The van der Waals surface area contributed by atoms with Gasteiger partial charge in [-0.2, -0.15) is 0 Å². The van der Waals surface area contributed by atoms with Crippen LogP contribution in [0.1, 0.15) is 33.2 Å². The summed E-state index contributed by atoms with van der Waals surface area (Å²) in [7, 11) is 2.47. The molecular weight excluding hydrogens is 350 g/mol. The number of hydrogen-bond acceptors (Lipinski definition) is 6. The molecule has 27 heavy (non-hydrogen) atoms. The van der Waals surface area contributed by atoms with Crippen LogP contribution in [0.25, 0.3) is 0 Å². The third kappa shape index (κ3) is 5.31. The summed E-state index contributed by atoms with van der Waals surface area (Å²) in [4.78, 5) is 35.8. The standard InChI is InChI=1S/C20H21NO6/c1-4-13-5-8-15(9-6-13)27-12-18(22)21-17-11-14(19(23)25-2)7-10-16(17)20(24)26-3/h5-11H,4,12H2,1-3H3,(H,21,22). The van der Waals surface area contributed by atoms with Gasteiger partial charge in [-0.15, -0.1) is 0 Å². The van der Waals surface area contributed by atoms with Crippen LogP contribution in [0.4, 0.5) is 5.69 Å². The Bertz CT molecular complexity index is 829. The lowest BCUT2D eigenvalue weighted by molar-refractivity contribution is -0.118. The number of aryl methyl sites for hydroxylation is 1. The summed E-state index contributed by atoms with van der Waals surface area (Å²) in [6.07, 6.45) is 0.910. The van der Waals surface area contributed by atoms with E-state index in [4.69, 9.17) is 9.47 Å². The number of carbonyl (C=O) groups excluding carboxylic acids is 3. The maximum atomic E-state index is 12.2. The molecule has 0 saturated carbocycles. The smallest absolute Gasteiger partial charge is 0.339 e. The molecular formula is C20H21NO6. The SMILES string of the molecule is CCc1ccc(OCC(=O)Nc2cc(C(=O)OC)ccc2C(=O)OC)cc1. The molecule has 1 amide bonds. The van der Waals surface area contributed by atoms with Gasteiger partial charge in [0.25, 0.3) is 5.91 Å². The van der Waals surface area contributed by atoms with Gasteiger partial charge in [0.05, 0.1) is 31.0 Å². The van der Waals surface area contributed by atoms with Crippen LogP contribution < -0.4 is 10.1 Å². The Morgan fingerprint density at radius 2 is 1.59 bits per heavy atom. The van der Waals surface area contributed by atoms with E-state index in [0.29, 0.717) is 5.75 Å². The molecule has 7 nitrogen and oxygen atoms in total. The van der Waals surface area contributed by atoms with Crippen LogP contribution >= 0.6 is 0 Å². The van der Waals surface area contributed by atoms with Gasteiger partial charge >= 0.3 is 11.9 Å². The van der Waals surface area contributed by atoms with Crippen molar-refractivity contribution < 1.29 is 28.6 Å². The Hall–Kier alpha value is -3.35. The summed E-state index contributed by atoms with van der Waals surface area (Å²) in [5.74, 6) is -1.16. The number of nitrogens with one attached hydrogen (secondary N) is 1. The minimum Gasteiger partial charge on any atom is -0.484 e. The molecule has 0 unspecified atom stereocenters. The first-order chi connectivity index (χ1) is 13.0. The molecule has 2 aromatic rings. The summed E-state index contributed by atoms with van der Waals surface area (Å²) >= 11 is 0. The topological polar surface area (TPSA) is 90.9 Å². The highest BCUT2D eigenvalue weighted by Crippen LogP contribution is 2.20. The van der Waals surface area contributed by atoms with E-state index in [0.717, 1.165) is 12.0 Å². The van der Waals surface area contributed by atoms with Crippen LogP contribution in [0.15, 0.2) is 42.5 Å². The van der Waals surface area contributed by atoms with E-state index in [9.17, 15) is 14.4 Å². The Morgan fingerprint density at radius 1 is 0.926 bits per heavy atom. The molecule has 0 heterocycles. The third-order valence-electron chi connectivity index (χ3n) is 3.82. The van der Waals surface area contributed by atoms with Crippen LogP contribution in [0.2, 0.25) is 0 Å². The predicted molar refractivity (Wildman–Crippen MR) is 99.1 cm³/mol. The van der Waals surface area contributed by atoms with E-state index < -0.39 is 17.8 Å². The molecule has 2 rings (SSSR count). The van der Waals surface area contributed by atoms with E-state index in [1.807, 2.05) is 19.1 Å². The summed E-state index contributed by atoms with van der Waals surface area (Å²) in [6.45, 7) is 1.79. The number of hydrogen-bond donors (Lipinski definition) is 1. The van der Waals surface area contributed by atoms with E-state index in [1.54, 1.807) is 12.1 Å². The Labute approximate surface area is 157 Å². The fourth-order valence-corrected chi connectivity index (χ4v) is 2.34. The molecule has 0 radical (unpaired) electrons. The van der Waals surface area contributed by atoms with Crippen molar-refractivity contribution in [1.82, 2.24) is 0 Å². The van der Waals surface area contributed by atoms with Crippen molar-refractivity contribution in [3.8, 4) is 5.75 Å². The molecule has 0 bridgehead atoms. The molecule has 0 aliphatic rings. The second-order valence-electron chi connectivity index (χ2n) is 5.58. The highest BCUT2D eigenvalue weighted by atomic mass is 16.5. The summed E-state index contributed by atoms with van der Waals surface area (Å²) in [6, 6.07) is 11.6. The van der Waals surface area contributed by atoms with Gasteiger partial charge in [0.2, 0.25) is 0 Å². The zero-order valence-electron chi connectivity index (χ0n) is 15.4. The van der Waals surface area contributed by atoms with Gasteiger partial charge in [-0.25, -0.2) is 9.59 Å². The maximum absolute atomic E-state index is 12.2. The number of rotatable bonds is 7. The number of carbonyl (C=O) groups is 3. The van der Waals surface area contributed by atoms with Gasteiger partial charge in [0.1, 0.15) is 5.75 Å². The molecule has 0 spiro atoms. The number of ether oxygens (including phenoxy) is 3. The normalized spacial score (nSPS) is 10.0. The molecule has 2 aromatic carbocycles. The predicted octanol–water partition coefficient (Wildman–Crippen LogP) is 2.84. The quantitative estimate of drug-likeness (QED) is 0.753. The second-order valence-corrected chi connectivity index (χ2v) is 5.58. The Morgan fingerprint density at radius 3 is 2.19 bits per heavy atom. The first-order valence-electron chi connectivity index (χ1n) is 8.30. The van der Waals surface area contributed by atoms with Crippen molar-refractivity contribution in [1.29, 1.82) is 0 Å². The third-order valence-corrected chi connectivity index (χ3v) is 3.82. The van der Waals surface area contributed by atoms with E-state index in [-0.39, 0.29) is 23.4 Å². The average molecular weight is 371 g/mol. The van der Waals surface area contributed by atoms with Gasteiger partial charge in [-0.1, -0.05) is 19.1 Å². The summed E-state index contributed by atoms with van der Waals surface area (Å²) in [5.41, 5.74) is 1.61. The lowest BCUT2D eigenvalue weighted by atomic mass is 10.1. The highest BCUT2D eigenvalue weighted by Gasteiger charge is 2.17. The van der Waals surface area contributed by atoms with Crippen molar-refractivity contribution in [2.24, 2.45) is 0 Å². The maximum Gasteiger partial charge on any atom is 0.339 e. The molecule has 7 heteroatoms. The van der Waals surface area contributed by atoms with Crippen molar-refractivity contribution in [3.63, 3.8) is 0 Å². The van der Waals surface area contributed by atoms with Crippen LogP contribution in [0.5, 0.6) is 5.75 Å². The van der Waals surface area contributed by atoms with E-state index in [2.05, 4.69) is 10.1 Å². The number of esters is 2. The minimum atomic E-state index is -0.641. The first kappa shape index (κ1) is 20.0. The number of benzene rings is 2. The largest absolute Gasteiger partial charge is 0.484 e. The molecule has 0 atom stereocenters. The monoisotopic (exact) mass is 371 g/mol. The van der Waals surface area contributed by atoms with Crippen molar-refractivity contribution >= 4 is 23.5 Å². The highest BCUT2D eigenvalue weighted by molar-refractivity contribution is 6.03. The molecule has 142 valence electrons. The van der Waals surface area contributed by atoms with Gasteiger partial charge < -0.3 is 19.5 Å². The van der Waals surface area contributed by atoms with Crippen molar-refractivity contribution in [3.05, 3.63) is 59.2 Å². The fraction of sp³-hybridized carbons (Fsp3) is 0.250. The number of amides is 1. The lowest BCUT2D eigenvalue weighted by Gasteiger charge is -2.12. The Balaban J connectivity index is 2.11. The van der Waals surface area contributed by atoms with Crippen LogP contribution in [0, 0.1) is 0 Å². The van der Waals surface area contributed by atoms with Crippen molar-refractivity contribution in [2.45, 2.75) is 13.3 Å². The van der Waals surface area contributed by atoms with E-state index >= 15 is 0 Å². The van der Waals surface area contributed by atoms with Gasteiger partial charge in [-0.05, 0) is 42.3 Å². The van der Waals surface area contributed by atoms with Gasteiger partial charge in [-0.3, -0.25) is 4.79 Å². The number of methoxy groups -OCH3 is 2. The molecule has 0 fully saturated rings. The molecule has 0 aromatic heterocycles. The molecule has 0 aliphatic carbocycles. The van der Waals surface area contributed by atoms with Crippen molar-refractivity contribution in [2.75, 3.05) is 26.1 Å². The fourth-order valence-electron chi connectivity index (χ4n) is 2.34. The van der Waals surface area contributed by atoms with Crippen LogP contribution in [0.3, 0.4) is 0 Å². The molecule has 0 saturated heterocycles.